The molecule has 2 aromatic rings. The third-order valence-electron chi connectivity index (χ3n) is 5.40. The highest BCUT2D eigenvalue weighted by Crippen LogP contribution is 2.29. The van der Waals surface area contributed by atoms with Crippen LogP contribution in [0, 0.1) is 0 Å². The molecule has 0 bridgehead atoms. The Bertz CT molecular complexity index is 951. The second kappa shape index (κ2) is 8.96. The Kier molecular flexibility index (Phi) is 6.59. The number of sulfonamides is 1. The summed E-state index contributed by atoms with van der Waals surface area (Å²) in [7, 11) is 1.40. The van der Waals surface area contributed by atoms with Crippen molar-refractivity contribution in [1.29, 1.82) is 0 Å². The van der Waals surface area contributed by atoms with Gasteiger partial charge in [-0.25, -0.2) is 13.2 Å². The van der Waals surface area contributed by atoms with Crippen LogP contribution >= 0.6 is 0 Å². The summed E-state index contributed by atoms with van der Waals surface area (Å²) in [5.74, 6) is 0. The first-order valence-electron chi connectivity index (χ1n) is 9.85. The Labute approximate surface area is 172 Å². The zero-order valence-corrected chi connectivity index (χ0v) is 18.0. The molecule has 1 fully saturated rings. The van der Waals surface area contributed by atoms with E-state index in [0.29, 0.717) is 6.54 Å². The lowest BCUT2D eigenvalue weighted by Gasteiger charge is -2.31. The number of para-hydroxylation sites is 1. The van der Waals surface area contributed by atoms with E-state index in [1.807, 2.05) is 13.2 Å². The van der Waals surface area contributed by atoms with Gasteiger partial charge in [-0.15, -0.1) is 0 Å². The number of aromatic nitrogens is 2. The van der Waals surface area contributed by atoms with Crippen LogP contribution in [-0.2, 0) is 23.6 Å². The minimum Gasteiger partial charge on any atom is -0.323 e. The lowest BCUT2D eigenvalue weighted by molar-refractivity contribution is 0.220. The SMILES string of the molecule is CN(Cc1cnn(C)c1)C(=O)Nc1ccccc1S(=O)(=O)N(C)C1CCCCC1. The molecule has 0 saturated heterocycles. The van der Waals surface area contributed by atoms with E-state index in [1.165, 1.54) is 9.21 Å². The zero-order valence-electron chi connectivity index (χ0n) is 17.2. The van der Waals surface area contributed by atoms with Crippen molar-refractivity contribution in [2.45, 2.75) is 49.6 Å². The average Bonchev–Trinajstić information content (AvgIpc) is 3.12. The summed E-state index contributed by atoms with van der Waals surface area (Å²) < 4.78 is 29.6. The molecule has 1 aromatic heterocycles. The largest absolute Gasteiger partial charge is 0.323 e. The van der Waals surface area contributed by atoms with E-state index in [4.69, 9.17) is 0 Å². The second-order valence-electron chi connectivity index (χ2n) is 7.62. The Morgan fingerprint density at radius 3 is 2.55 bits per heavy atom. The van der Waals surface area contributed by atoms with Crippen LogP contribution in [0.5, 0.6) is 0 Å². The molecule has 8 nitrogen and oxygen atoms in total. The van der Waals surface area contributed by atoms with Gasteiger partial charge in [0.2, 0.25) is 10.0 Å². The molecule has 2 amide bonds. The molecule has 1 saturated carbocycles. The number of hydrogen-bond donors (Lipinski definition) is 1. The fraction of sp³-hybridized carbons (Fsp3) is 0.500. The van der Waals surface area contributed by atoms with Crippen molar-refractivity contribution in [2.75, 3.05) is 19.4 Å². The lowest BCUT2D eigenvalue weighted by Crippen LogP contribution is -2.39. The van der Waals surface area contributed by atoms with Gasteiger partial charge in [0.25, 0.3) is 0 Å². The number of nitrogens with zero attached hydrogens (tertiary/aromatic N) is 4. The van der Waals surface area contributed by atoms with Crippen molar-refractivity contribution in [3.05, 3.63) is 42.2 Å². The van der Waals surface area contributed by atoms with Crippen LogP contribution in [0.3, 0.4) is 0 Å². The monoisotopic (exact) mass is 419 g/mol. The number of hydrogen-bond acceptors (Lipinski definition) is 4. The molecule has 3 rings (SSSR count). The fourth-order valence-electron chi connectivity index (χ4n) is 3.70. The lowest BCUT2D eigenvalue weighted by atomic mass is 9.96. The molecule has 1 aliphatic carbocycles. The number of anilines is 1. The van der Waals surface area contributed by atoms with Crippen molar-refractivity contribution in [3.8, 4) is 0 Å². The van der Waals surface area contributed by atoms with Crippen LogP contribution in [0.25, 0.3) is 0 Å². The number of nitrogens with one attached hydrogen (secondary N) is 1. The zero-order chi connectivity index (χ0) is 21.0. The van der Waals surface area contributed by atoms with E-state index >= 15 is 0 Å². The van der Waals surface area contributed by atoms with Gasteiger partial charge in [0.05, 0.1) is 18.4 Å². The highest BCUT2D eigenvalue weighted by Gasteiger charge is 2.31. The van der Waals surface area contributed by atoms with Crippen molar-refractivity contribution in [2.24, 2.45) is 7.05 Å². The highest BCUT2D eigenvalue weighted by molar-refractivity contribution is 7.89. The molecule has 0 spiro atoms. The molecule has 1 heterocycles. The molecular weight excluding hydrogens is 390 g/mol. The van der Waals surface area contributed by atoms with E-state index in [1.54, 1.807) is 49.2 Å². The third-order valence-corrected chi connectivity index (χ3v) is 7.37. The van der Waals surface area contributed by atoms with Gasteiger partial charge in [0, 0.05) is 38.9 Å². The van der Waals surface area contributed by atoms with Crippen molar-refractivity contribution in [1.82, 2.24) is 19.0 Å². The van der Waals surface area contributed by atoms with Gasteiger partial charge in [-0.05, 0) is 25.0 Å². The first-order chi connectivity index (χ1) is 13.8. The molecule has 1 N–H and O–H groups in total. The summed E-state index contributed by atoms with van der Waals surface area (Å²) in [5.41, 5.74) is 1.18. The fourth-order valence-corrected chi connectivity index (χ4v) is 5.26. The van der Waals surface area contributed by atoms with E-state index in [-0.39, 0.29) is 22.7 Å². The Balaban J connectivity index is 1.76. The summed E-state index contributed by atoms with van der Waals surface area (Å²) in [6, 6.07) is 6.19. The number of benzene rings is 1. The Hall–Kier alpha value is -2.39. The summed E-state index contributed by atoms with van der Waals surface area (Å²) >= 11 is 0. The normalized spacial score (nSPS) is 15.4. The van der Waals surface area contributed by atoms with Crippen LogP contribution in [0.1, 0.15) is 37.7 Å². The maximum absolute atomic E-state index is 13.2. The smallest absolute Gasteiger partial charge is 0.321 e. The molecule has 1 aliphatic rings. The number of rotatable bonds is 6. The number of aryl methyl sites for hydroxylation is 1. The molecule has 0 aliphatic heterocycles. The molecule has 0 unspecified atom stereocenters. The molecule has 29 heavy (non-hydrogen) atoms. The standard InChI is InChI=1S/C20H29N5O3S/c1-23(14-16-13-21-24(2)15-16)20(26)22-18-11-7-8-12-19(18)29(27,28)25(3)17-9-5-4-6-10-17/h7-8,11-13,15,17H,4-6,9-10,14H2,1-3H3,(H,22,26). The van der Waals surface area contributed by atoms with Crippen LogP contribution < -0.4 is 5.32 Å². The van der Waals surface area contributed by atoms with Crippen LogP contribution in [0.15, 0.2) is 41.6 Å². The van der Waals surface area contributed by atoms with Crippen LogP contribution in [-0.4, -0.2) is 53.6 Å². The van der Waals surface area contributed by atoms with Gasteiger partial charge in [-0.2, -0.15) is 9.40 Å². The Morgan fingerprint density at radius 2 is 1.90 bits per heavy atom. The number of carbonyl (C=O) groups excluding carboxylic acids is 1. The molecule has 1 aromatic carbocycles. The number of urea groups is 1. The molecule has 0 atom stereocenters. The van der Waals surface area contributed by atoms with Gasteiger partial charge in [-0.3, -0.25) is 4.68 Å². The summed E-state index contributed by atoms with van der Waals surface area (Å²) in [6.45, 7) is 0.372. The minimum absolute atomic E-state index is 0.00534. The first-order valence-corrected chi connectivity index (χ1v) is 11.3. The molecule has 9 heteroatoms. The van der Waals surface area contributed by atoms with Gasteiger partial charge in [0.15, 0.2) is 0 Å². The van der Waals surface area contributed by atoms with Gasteiger partial charge in [0.1, 0.15) is 4.90 Å². The van der Waals surface area contributed by atoms with E-state index in [2.05, 4.69) is 10.4 Å². The number of carbonyl (C=O) groups is 1. The van der Waals surface area contributed by atoms with Gasteiger partial charge >= 0.3 is 6.03 Å². The van der Waals surface area contributed by atoms with Crippen molar-refractivity contribution < 1.29 is 13.2 Å². The minimum atomic E-state index is -3.71. The first kappa shape index (κ1) is 21.3. The van der Waals surface area contributed by atoms with E-state index < -0.39 is 10.0 Å². The van der Waals surface area contributed by atoms with E-state index in [9.17, 15) is 13.2 Å². The van der Waals surface area contributed by atoms with Crippen molar-refractivity contribution in [3.63, 3.8) is 0 Å². The van der Waals surface area contributed by atoms with Gasteiger partial charge in [-0.1, -0.05) is 31.4 Å². The van der Waals surface area contributed by atoms with Gasteiger partial charge < -0.3 is 10.2 Å². The molecule has 158 valence electrons. The summed E-state index contributed by atoms with van der Waals surface area (Å²) in [5, 5.41) is 6.85. The van der Waals surface area contributed by atoms with Crippen LogP contribution in [0.2, 0.25) is 0 Å². The maximum Gasteiger partial charge on any atom is 0.321 e. The van der Waals surface area contributed by atoms with Crippen molar-refractivity contribution >= 4 is 21.7 Å². The quantitative estimate of drug-likeness (QED) is 0.780. The summed E-state index contributed by atoms with van der Waals surface area (Å²) in [4.78, 5) is 14.3. The predicted octanol–water partition coefficient (Wildman–Crippen LogP) is 3.04. The molecular formula is C20H29N5O3S. The number of amides is 2. The Morgan fingerprint density at radius 1 is 1.21 bits per heavy atom. The topological polar surface area (TPSA) is 87.5 Å². The third kappa shape index (κ3) is 4.97. The van der Waals surface area contributed by atoms with Crippen LogP contribution in [0.4, 0.5) is 10.5 Å². The molecule has 0 radical (unpaired) electrons. The maximum atomic E-state index is 13.2. The predicted molar refractivity (Wildman–Crippen MR) is 112 cm³/mol. The average molecular weight is 420 g/mol. The van der Waals surface area contributed by atoms with E-state index in [0.717, 1.165) is 37.7 Å². The highest BCUT2D eigenvalue weighted by atomic mass is 32.2. The second-order valence-corrected chi connectivity index (χ2v) is 9.58. The summed E-state index contributed by atoms with van der Waals surface area (Å²) in [6.07, 6.45) is 8.52.